The molecule has 1 atom stereocenters. The van der Waals surface area contributed by atoms with E-state index in [2.05, 4.69) is 15.9 Å². The Morgan fingerprint density at radius 1 is 1.12 bits per heavy atom. The van der Waals surface area contributed by atoms with E-state index >= 15 is 0 Å². The van der Waals surface area contributed by atoms with Crippen LogP contribution in [0, 0.1) is 0 Å². The first-order chi connectivity index (χ1) is 11.4. The van der Waals surface area contributed by atoms with E-state index in [9.17, 15) is 9.59 Å². The van der Waals surface area contributed by atoms with Crippen LogP contribution in [-0.4, -0.2) is 32.0 Å². The van der Waals surface area contributed by atoms with Crippen molar-refractivity contribution >= 4 is 39.1 Å². The maximum absolute atomic E-state index is 13.0. The highest BCUT2D eigenvalue weighted by Crippen LogP contribution is 2.38. The number of hydrogen-bond donors (Lipinski definition) is 0. The van der Waals surface area contributed by atoms with Crippen LogP contribution in [0.5, 0.6) is 5.75 Å². The number of methoxy groups -OCH3 is 1. The van der Waals surface area contributed by atoms with Crippen LogP contribution in [0.4, 0.5) is 11.4 Å². The first-order valence-electron chi connectivity index (χ1n) is 7.48. The highest BCUT2D eigenvalue weighted by atomic mass is 79.9. The number of ether oxygens (including phenoxy) is 1. The van der Waals surface area contributed by atoms with Crippen molar-refractivity contribution in [1.29, 1.82) is 0 Å². The average molecular weight is 389 g/mol. The van der Waals surface area contributed by atoms with Crippen LogP contribution < -0.4 is 14.5 Å². The lowest BCUT2D eigenvalue weighted by Crippen LogP contribution is -2.53. The quantitative estimate of drug-likeness (QED) is 0.791. The topological polar surface area (TPSA) is 49.9 Å². The van der Waals surface area contributed by atoms with E-state index in [0.29, 0.717) is 22.7 Å². The normalized spacial score (nSPS) is 16.8. The number of carbonyl (C=O) groups is 2. The van der Waals surface area contributed by atoms with Gasteiger partial charge in [0.2, 0.25) is 5.91 Å². The Morgan fingerprint density at radius 2 is 1.79 bits per heavy atom. The molecule has 124 valence electrons. The molecule has 5 nitrogen and oxygen atoms in total. The van der Waals surface area contributed by atoms with E-state index in [1.165, 1.54) is 0 Å². The number of fused-ring (bicyclic) bond motifs is 1. The SMILES string of the molecule is COc1ccc(C(=O)N2c3cc(Br)ccc3N(C)C(=O)[C@H]2C)cc1. The lowest BCUT2D eigenvalue weighted by atomic mass is 10.1. The van der Waals surface area contributed by atoms with Gasteiger partial charge in [-0.1, -0.05) is 15.9 Å². The number of hydrogen-bond acceptors (Lipinski definition) is 3. The minimum Gasteiger partial charge on any atom is -0.497 e. The number of benzene rings is 2. The molecule has 0 fully saturated rings. The molecule has 1 heterocycles. The van der Waals surface area contributed by atoms with Crippen LogP contribution in [0.2, 0.25) is 0 Å². The number of halogens is 1. The molecule has 0 radical (unpaired) electrons. The molecule has 2 aromatic rings. The molecule has 0 spiro atoms. The van der Waals surface area contributed by atoms with E-state index in [1.54, 1.807) is 55.1 Å². The molecule has 0 saturated heterocycles. The van der Waals surface area contributed by atoms with Crippen molar-refractivity contribution < 1.29 is 14.3 Å². The third kappa shape index (κ3) is 2.67. The second-order valence-electron chi connectivity index (χ2n) is 5.61. The third-order valence-corrected chi connectivity index (χ3v) is 4.68. The van der Waals surface area contributed by atoms with Gasteiger partial charge in [0.1, 0.15) is 11.8 Å². The summed E-state index contributed by atoms with van der Waals surface area (Å²) in [4.78, 5) is 28.7. The van der Waals surface area contributed by atoms with Gasteiger partial charge < -0.3 is 9.64 Å². The molecule has 0 saturated carbocycles. The highest BCUT2D eigenvalue weighted by molar-refractivity contribution is 9.10. The summed E-state index contributed by atoms with van der Waals surface area (Å²) in [5.41, 5.74) is 1.92. The molecule has 6 heteroatoms. The average Bonchev–Trinajstić information content (AvgIpc) is 2.59. The number of nitrogens with zero attached hydrogens (tertiary/aromatic N) is 2. The summed E-state index contributed by atoms with van der Waals surface area (Å²) in [5.74, 6) is 0.342. The maximum Gasteiger partial charge on any atom is 0.259 e. The Morgan fingerprint density at radius 3 is 2.42 bits per heavy atom. The van der Waals surface area contributed by atoms with Crippen molar-refractivity contribution in [2.75, 3.05) is 24.0 Å². The number of rotatable bonds is 2. The van der Waals surface area contributed by atoms with E-state index in [-0.39, 0.29) is 11.8 Å². The fourth-order valence-electron chi connectivity index (χ4n) is 2.85. The minimum atomic E-state index is -0.577. The number of carbonyl (C=O) groups excluding carboxylic acids is 2. The van der Waals surface area contributed by atoms with Crippen LogP contribution in [0.15, 0.2) is 46.9 Å². The zero-order chi connectivity index (χ0) is 17.4. The van der Waals surface area contributed by atoms with Crippen LogP contribution >= 0.6 is 15.9 Å². The summed E-state index contributed by atoms with van der Waals surface area (Å²) in [6.45, 7) is 1.74. The maximum atomic E-state index is 13.0. The Balaban J connectivity index is 2.08. The Hall–Kier alpha value is -2.34. The van der Waals surface area contributed by atoms with Gasteiger partial charge in [-0.2, -0.15) is 0 Å². The Labute approximate surface area is 148 Å². The zero-order valence-corrected chi connectivity index (χ0v) is 15.2. The summed E-state index contributed by atoms with van der Waals surface area (Å²) in [6.07, 6.45) is 0. The largest absolute Gasteiger partial charge is 0.497 e. The first kappa shape index (κ1) is 16.5. The Bertz CT molecular complexity index is 804. The summed E-state index contributed by atoms with van der Waals surface area (Å²) in [5, 5.41) is 0. The van der Waals surface area contributed by atoms with Gasteiger partial charge in [0.25, 0.3) is 5.91 Å². The molecule has 2 amide bonds. The lowest BCUT2D eigenvalue weighted by Gasteiger charge is -2.39. The number of amides is 2. The van der Waals surface area contributed by atoms with Gasteiger partial charge >= 0.3 is 0 Å². The molecule has 24 heavy (non-hydrogen) atoms. The van der Waals surface area contributed by atoms with Crippen LogP contribution in [0.3, 0.4) is 0 Å². The highest BCUT2D eigenvalue weighted by Gasteiger charge is 2.37. The van der Waals surface area contributed by atoms with Gasteiger partial charge in [-0.3, -0.25) is 14.5 Å². The van der Waals surface area contributed by atoms with E-state index < -0.39 is 6.04 Å². The molecular weight excluding hydrogens is 372 g/mol. The van der Waals surface area contributed by atoms with E-state index in [1.807, 2.05) is 18.2 Å². The lowest BCUT2D eigenvalue weighted by molar-refractivity contribution is -0.119. The molecule has 0 aliphatic carbocycles. The van der Waals surface area contributed by atoms with Gasteiger partial charge in [-0.05, 0) is 49.4 Å². The van der Waals surface area contributed by atoms with Gasteiger partial charge in [0, 0.05) is 17.1 Å². The van der Waals surface area contributed by atoms with Crippen molar-refractivity contribution in [1.82, 2.24) is 0 Å². The molecule has 1 aliphatic heterocycles. The fourth-order valence-corrected chi connectivity index (χ4v) is 3.20. The molecule has 1 aliphatic rings. The van der Waals surface area contributed by atoms with Gasteiger partial charge in [-0.25, -0.2) is 0 Å². The smallest absolute Gasteiger partial charge is 0.259 e. The zero-order valence-electron chi connectivity index (χ0n) is 13.6. The van der Waals surface area contributed by atoms with Crippen LogP contribution in [-0.2, 0) is 4.79 Å². The van der Waals surface area contributed by atoms with Crippen molar-refractivity contribution in [3.05, 3.63) is 52.5 Å². The number of anilines is 2. The summed E-state index contributed by atoms with van der Waals surface area (Å²) < 4.78 is 5.98. The molecule has 0 aromatic heterocycles. The standard InChI is InChI=1S/C18H17BrN2O3/c1-11-17(22)20(2)15-9-6-13(19)10-16(15)21(11)18(23)12-4-7-14(24-3)8-5-12/h4-11H,1-3H3/t11-/m1/s1. The monoisotopic (exact) mass is 388 g/mol. The van der Waals surface area contributed by atoms with Crippen LogP contribution in [0.1, 0.15) is 17.3 Å². The third-order valence-electron chi connectivity index (χ3n) is 4.19. The van der Waals surface area contributed by atoms with Crippen LogP contribution in [0.25, 0.3) is 0 Å². The van der Waals surface area contributed by atoms with Crippen molar-refractivity contribution in [3.63, 3.8) is 0 Å². The Kier molecular flexibility index (Phi) is 4.32. The van der Waals surface area contributed by atoms with Gasteiger partial charge in [-0.15, -0.1) is 0 Å². The molecule has 0 bridgehead atoms. The first-order valence-corrected chi connectivity index (χ1v) is 8.28. The van der Waals surface area contributed by atoms with Crippen molar-refractivity contribution in [2.24, 2.45) is 0 Å². The van der Waals surface area contributed by atoms with Crippen molar-refractivity contribution in [3.8, 4) is 5.75 Å². The van der Waals surface area contributed by atoms with E-state index in [4.69, 9.17) is 4.74 Å². The molecule has 0 unspecified atom stereocenters. The van der Waals surface area contributed by atoms with Crippen molar-refractivity contribution in [2.45, 2.75) is 13.0 Å². The number of likely N-dealkylation sites (N-methyl/N-ethyl adjacent to an activating group) is 1. The fraction of sp³-hybridized carbons (Fsp3) is 0.222. The second kappa shape index (κ2) is 6.28. The van der Waals surface area contributed by atoms with E-state index in [0.717, 1.165) is 4.47 Å². The predicted octanol–water partition coefficient (Wildman–Crippen LogP) is 3.47. The predicted molar refractivity (Wildman–Crippen MR) is 96.8 cm³/mol. The minimum absolute atomic E-state index is 0.119. The summed E-state index contributed by atoms with van der Waals surface area (Å²) >= 11 is 3.44. The molecule has 3 rings (SSSR count). The van der Waals surface area contributed by atoms with Gasteiger partial charge in [0.15, 0.2) is 0 Å². The second-order valence-corrected chi connectivity index (χ2v) is 6.53. The summed E-state index contributed by atoms with van der Waals surface area (Å²) in [7, 11) is 3.30. The molecule has 2 aromatic carbocycles. The molecule has 0 N–H and O–H groups in total. The summed E-state index contributed by atoms with van der Waals surface area (Å²) in [6, 6.07) is 11.8. The van der Waals surface area contributed by atoms with Gasteiger partial charge in [0.05, 0.1) is 18.5 Å². The molecular formula is C18H17BrN2O3.